The molecule has 1 spiro atoms. The molecule has 1 amide bonds. The van der Waals surface area contributed by atoms with Crippen LogP contribution in [-0.2, 0) is 9.47 Å². The Labute approximate surface area is 102 Å². The van der Waals surface area contributed by atoms with E-state index in [4.69, 9.17) is 10.5 Å². The fourth-order valence-corrected chi connectivity index (χ4v) is 2.91. The molecule has 0 bridgehead atoms. The molecule has 1 atom stereocenters. The molecule has 0 radical (unpaired) electrons. The van der Waals surface area contributed by atoms with Crippen LogP contribution in [0.5, 0.6) is 0 Å². The van der Waals surface area contributed by atoms with Crippen molar-refractivity contribution < 1.29 is 14.3 Å². The Morgan fingerprint density at radius 2 is 2.18 bits per heavy atom. The SMILES string of the molecule is NC(=O)OCCNCC1CCC2(CCCC2)O1. The molecule has 1 saturated carbocycles. The third-order valence-corrected chi connectivity index (χ3v) is 3.75. The summed E-state index contributed by atoms with van der Waals surface area (Å²) < 4.78 is 10.8. The smallest absolute Gasteiger partial charge is 0.404 e. The molecule has 98 valence electrons. The molecule has 3 N–H and O–H groups in total. The number of ether oxygens (including phenoxy) is 2. The molecule has 2 fully saturated rings. The Bertz CT molecular complexity index is 264. The molecule has 2 aliphatic rings. The van der Waals surface area contributed by atoms with Gasteiger partial charge in [-0.3, -0.25) is 0 Å². The molecule has 17 heavy (non-hydrogen) atoms. The van der Waals surface area contributed by atoms with E-state index in [-0.39, 0.29) is 5.60 Å². The highest BCUT2D eigenvalue weighted by Crippen LogP contribution is 2.42. The molecule has 0 aromatic rings. The zero-order valence-electron chi connectivity index (χ0n) is 10.2. The number of amides is 1. The van der Waals surface area contributed by atoms with Crippen LogP contribution in [0.25, 0.3) is 0 Å². The van der Waals surface area contributed by atoms with Gasteiger partial charge in [0.05, 0.1) is 11.7 Å². The average molecular weight is 242 g/mol. The van der Waals surface area contributed by atoms with E-state index >= 15 is 0 Å². The van der Waals surface area contributed by atoms with Gasteiger partial charge in [0.1, 0.15) is 6.61 Å². The molecule has 1 aliphatic carbocycles. The first-order valence-corrected chi connectivity index (χ1v) is 6.51. The monoisotopic (exact) mass is 242 g/mol. The molecule has 2 rings (SSSR count). The quantitative estimate of drug-likeness (QED) is 0.710. The fraction of sp³-hybridized carbons (Fsp3) is 0.917. The largest absolute Gasteiger partial charge is 0.448 e. The summed E-state index contributed by atoms with van der Waals surface area (Å²) >= 11 is 0. The lowest BCUT2D eigenvalue weighted by Crippen LogP contribution is -2.33. The van der Waals surface area contributed by atoms with Crippen molar-refractivity contribution >= 4 is 6.09 Å². The van der Waals surface area contributed by atoms with Crippen molar-refractivity contribution in [3.63, 3.8) is 0 Å². The van der Waals surface area contributed by atoms with Crippen LogP contribution in [0.3, 0.4) is 0 Å². The molecule has 0 aromatic carbocycles. The predicted molar refractivity (Wildman–Crippen MR) is 63.7 cm³/mol. The maximum absolute atomic E-state index is 10.3. The van der Waals surface area contributed by atoms with Gasteiger partial charge in [0.15, 0.2) is 0 Å². The van der Waals surface area contributed by atoms with Crippen LogP contribution < -0.4 is 11.1 Å². The number of hydrogen-bond acceptors (Lipinski definition) is 4. The summed E-state index contributed by atoms with van der Waals surface area (Å²) in [5, 5.41) is 3.23. The summed E-state index contributed by atoms with van der Waals surface area (Å²) in [4.78, 5) is 10.3. The Hall–Kier alpha value is -0.810. The number of hydrogen-bond donors (Lipinski definition) is 2. The van der Waals surface area contributed by atoms with E-state index in [9.17, 15) is 4.79 Å². The number of nitrogens with two attached hydrogens (primary N) is 1. The van der Waals surface area contributed by atoms with E-state index in [1.807, 2.05) is 0 Å². The Morgan fingerprint density at radius 1 is 1.41 bits per heavy atom. The lowest BCUT2D eigenvalue weighted by molar-refractivity contribution is -0.0352. The third kappa shape index (κ3) is 3.57. The molecule has 5 nitrogen and oxygen atoms in total. The second-order valence-electron chi connectivity index (χ2n) is 5.04. The highest BCUT2D eigenvalue weighted by atomic mass is 16.5. The van der Waals surface area contributed by atoms with Gasteiger partial charge in [-0.15, -0.1) is 0 Å². The van der Waals surface area contributed by atoms with Crippen molar-refractivity contribution in [1.29, 1.82) is 0 Å². The minimum absolute atomic E-state index is 0.204. The van der Waals surface area contributed by atoms with E-state index in [1.165, 1.54) is 32.1 Å². The first kappa shape index (κ1) is 12.6. The summed E-state index contributed by atoms with van der Waals surface area (Å²) in [5.41, 5.74) is 5.07. The third-order valence-electron chi connectivity index (χ3n) is 3.75. The van der Waals surface area contributed by atoms with Gasteiger partial charge in [-0.1, -0.05) is 12.8 Å². The predicted octanol–water partition coefficient (Wildman–Crippen LogP) is 1.16. The molecule has 1 unspecified atom stereocenters. The topological polar surface area (TPSA) is 73.6 Å². The van der Waals surface area contributed by atoms with Crippen LogP contribution in [-0.4, -0.2) is 37.5 Å². The minimum atomic E-state index is -0.714. The number of primary amides is 1. The summed E-state index contributed by atoms with van der Waals surface area (Å²) in [6.07, 6.45) is 7.04. The van der Waals surface area contributed by atoms with Crippen LogP contribution in [0.4, 0.5) is 4.79 Å². The van der Waals surface area contributed by atoms with Crippen molar-refractivity contribution in [3.05, 3.63) is 0 Å². The van der Waals surface area contributed by atoms with E-state index in [2.05, 4.69) is 10.1 Å². The van der Waals surface area contributed by atoms with Gasteiger partial charge >= 0.3 is 6.09 Å². The van der Waals surface area contributed by atoms with Crippen molar-refractivity contribution in [2.75, 3.05) is 19.7 Å². The van der Waals surface area contributed by atoms with Gasteiger partial charge in [-0.05, 0) is 25.7 Å². The molecule has 1 aliphatic heterocycles. The molecule has 0 aromatic heterocycles. The lowest BCUT2D eigenvalue weighted by Gasteiger charge is -2.23. The Balaban J connectivity index is 1.57. The standard InChI is InChI=1S/C12H22N2O3/c13-11(15)16-8-7-14-9-10-3-6-12(17-10)4-1-2-5-12/h10,14H,1-9H2,(H2,13,15). The van der Waals surface area contributed by atoms with Gasteiger partial charge in [-0.25, -0.2) is 4.79 Å². The van der Waals surface area contributed by atoms with Crippen LogP contribution in [0.1, 0.15) is 38.5 Å². The fourth-order valence-electron chi connectivity index (χ4n) is 2.91. The van der Waals surface area contributed by atoms with E-state index in [0.29, 0.717) is 19.3 Å². The molecule has 1 heterocycles. The average Bonchev–Trinajstić information content (AvgIpc) is 2.89. The van der Waals surface area contributed by atoms with Gasteiger partial charge < -0.3 is 20.5 Å². The van der Waals surface area contributed by atoms with Crippen LogP contribution in [0.2, 0.25) is 0 Å². The molecular weight excluding hydrogens is 220 g/mol. The Morgan fingerprint density at radius 3 is 2.88 bits per heavy atom. The maximum atomic E-state index is 10.3. The highest BCUT2D eigenvalue weighted by Gasteiger charge is 2.41. The van der Waals surface area contributed by atoms with Gasteiger partial charge in [-0.2, -0.15) is 0 Å². The molecular formula is C12H22N2O3. The van der Waals surface area contributed by atoms with Crippen LogP contribution in [0, 0.1) is 0 Å². The van der Waals surface area contributed by atoms with Crippen LogP contribution in [0.15, 0.2) is 0 Å². The summed E-state index contributed by atoms with van der Waals surface area (Å²) in [5.74, 6) is 0. The lowest BCUT2D eigenvalue weighted by atomic mass is 9.98. The second kappa shape index (κ2) is 5.69. The minimum Gasteiger partial charge on any atom is -0.448 e. The van der Waals surface area contributed by atoms with E-state index in [0.717, 1.165) is 13.0 Å². The first-order chi connectivity index (χ1) is 8.20. The number of nitrogens with one attached hydrogen (secondary N) is 1. The maximum Gasteiger partial charge on any atom is 0.404 e. The zero-order chi connectivity index (χ0) is 12.1. The summed E-state index contributed by atoms with van der Waals surface area (Å²) in [7, 11) is 0. The summed E-state index contributed by atoms with van der Waals surface area (Å²) in [6.45, 7) is 1.80. The van der Waals surface area contributed by atoms with Crippen molar-refractivity contribution in [1.82, 2.24) is 5.32 Å². The summed E-state index contributed by atoms with van der Waals surface area (Å²) in [6, 6.07) is 0. The van der Waals surface area contributed by atoms with Crippen LogP contribution >= 0.6 is 0 Å². The Kier molecular flexibility index (Phi) is 4.23. The van der Waals surface area contributed by atoms with E-state index < -0.39 is 6.09 Å². The highest BCUT2D eigenvalue weighted by molar-refractivity contribution is 5.64. The van der Waals surface area contributed by atoms with Gasteiger partial charge in [0.2, 0.25) is 0 Å². The normalized spacial score (nSPS) is 26.5. The van der Waals surface area contributed by atoms with E-state index in [1.54, 1.807) is 0 Å². The second-order valence-corrected chi connectivity index (χ2v) is 5.04. The number of carbonyl (C=O) groups is 1. The van der Waals surface area contributed by atoms with Crippen molar-refractivity contribution in [2.24, 2.45) is 5.73 Å². The van der Waals surface area contributed by atoms with Crippen molar-refractivity contribution in [3.8, 4) is 0 Å². The number of carbonyl (C=O) groups excluding carboxylic acids is 1. The first-order valence-electron chi connectivity index (χ1n) is 6.51. The van der Waals surface area contributed by atoms with Gasteiger partial charge in [0, 0.05) is 13.1 Å². The van der Waals surface area contributed by atoms with Gasteiger partial charge in [0.25, 0.3) is 0 Å². The molecule has 1 saturated heterocycles. The number of rotatable bonds is 5. The zero-order valence-corrected chi connectivity index (χ0v) is 10.2. The molecule has 5 heteroatoms. The van der Waals surface area contributed by atoms with Crippen molar-refractivity contribution in [2.45, 2.75) is 50.2 Å².